The molecule has 4 nitrogen and oxygen atoms in total. The number of hydrogen-bond donors (Lipinski definition) is 1. The van der Waals surface area contributed by atoms with Crippen molar-refractivity contribution in [1.82, 2.24) is 0 Å². The predicted molar refractivity (Wildman–Crippen MR) is 72.6 cm³/mol. The van der Waals surface area contributed by atoms with Crippen molar-refractivity contribution in [3.8, 4) is 0 Å². The standard InChI is InChI=1S/C16H18O4/c1-4-16-6-5-10(17)8(2)13(16)14-12(11(18)7-16)9(3)15(19)20-14/h4,11-14,18H,1-3,5-7H2/t11-,12+,13+,14-,16-/m0/s1. The summed E-state index contributed by atoms with van der Waals surface area (Å²) in [5, 5.41) is 10.4. The van der Waals surface area contributed by atoms with Crippen LogP contribution in [0.15, 0.2) is 37.0 Å². The molecule has 0 unspecified atom stereocenters. The summed E-state index contributed by atoms with van der Waals surface area (Å²) in [6.07, 6.45) is 2.03. The summed E-state index contributed by atoms with van der Waals surface area (Å²) < 4.78 is 5.40. The SMILES string of the molecule is C=C[C@@]12CCC(=O)C(=C)[C@@H]1[C@H]1OC(=O)C(=C)[C@@H]1[C@@H](O)C2. The van der Waals surface area contributed by atoms with Gasteiger partial charge in [0.2, 0.25) is 0 Å². The Morgan fingerprint density at radius 3 is 2.65 bits per heavy atom. The zero-order valence-corrected chi connectivity index (χ0v) is 11.3. The molecule has 0 aromatic heterocycles. The number of Topliss-reactive ketones (excluding diaryl/α,β-unsaturated/α-hetero) is 1. The van der Waals surface area contributed by atoms with E-state index in [0.29, 0.717) is 30.4 Å². The minimum Gasteiger partial charge on any atom is -0.458 e. The third-order valence-corrected chi connectivity index (χ3v) is 5.17. The lowest BCUT2D eigenvalue weighted by atomic mass is 9.53. The summed E-state index contributed by atoms with van der Waals surface area (Å²) in [6.45, 7) is 11.5. The predicted octanol–water partition coefficient (Wildman–Crippen LogP) is 1.56. The number of esters is 1. The Morgan fingerprint density at radius 1 is 1.30 bits per heavy atom. The quantitative estimate of drug-likeness (QED) is 0.448. The van der Waals surface area contributed by atoms with Crippen molar-refractivity contribution in [2.45, 2.75) is 31.5 Å². The number of allylic oxidation sites excluding steroid dienone is 1. The van der Waals surface area contributed by atoms with E-state index in [1.165, 1.54) is 0 Å². The molecular weight excluding hydrogens is 256 g/mol. The molecule has 0 bridgehead atoms. The van der Waals surface area contributed by atoms with Crippen molar-refractivity contribution in [2.75, 3.05) is 0 Å². The smallest absolute Gasteiger partial charge is 0.334 e. The van der Waals surface area contributed by atoms with Crippen LogP contribution < -0.4 is 0 Å². The first-order valence-corrected chi connectivity index (χ1v) is 6.85. The molecule has 20 heavy (non-hydrogen) atoms. The van der Waals surface area contributed by atoms with Crippen molar-refractivity contribution in [2.24, 2.45) is 17.3 Å². The van der Waals surface area contributed by atoms with Gasteiger partial charge in [0.15, 0.2) is 5.78 Å². The summed E-state index contributed by atoms with van der Waals surface area (Å²) >= 11 is 0. The highest BCUT2D eigenvalue weighted by Crippen LogP contribution is 2.57. The zero-order valence-electron chi connectivity index (χ0n) is 11.3. The lowest BCUT2D eigenvalue weighted by Gasteiger charge is -2.51. The Balaban J connectivity index is 2.09. The molecule has 106 valence electrons. The second-order valence-corrected chi connectivity index (χ2v) is 6.06. The molecule has 3 rings (SSSR count). The van der Waals surface area contributed by atoms with Gasteiger partial charge in [-0.15, -0.1) is 6.58 Å². The van der Waals surface area contributed by atoms with E-state index in [1.54, 1.807) is 6.08 Å². The highest BCUT2D eigenvalue weighted by atomic mass is 16.6. The molecule has 1 saturated heterocycles. The van der Waals surface area contributed by atoms with Crippen molar-refractivity contribution >= 4 is 11.8 Å². The molecule has 5 atom stereocenters. The summed E-state index contributed by atoms with van der Waals surface area (Å²) in [5.74, 6) is -1.21. The molecule has 0 spiro atoms. The lowest BCUT2D eigenvalue weighted by Crippen LogP contribution is -2.54. The minimum atomic E-state index is -0.700. The number of ketones is 1. The second kappa shape index (κ2) is 4.16. The molecule has 1 N–H and O–H groups in total. The van der Waals surface area contributed by atoms with Crippen molar-refractivity contribution in [3.05, 3.63) is 37.0 Å². The molecule has 0 aromatic rings. The third-order valence-electron chi connectivity index (χ3n) is 5.17. The van der Waals surface area contributed by atoms with E-state index in [2.05, 4.69) is 19.7 Å². The van der Waals surface area contributed by atoms with Gasteiger partial charge in [-0.05, 0) is 18.4 Å². The average Bonchev–Trinajstić information content (AvgIpc) is 2.70. The molecule has 2 saturated carbocycles. The molecular formula is C16H18O4. The minimum absolute atomic E-state index is 0.0103. The van der Waals surface area contributed by atoms with Crippen LogP contribution in [0.3, 0.4) is 0 Å². The summed E-state index contributed by atoms with van der Waals surface area (Å²) in [4.78, 5) is 23.7. The van der Waals surface area contributed by atoms with Crippen molar-refractivity contribution in [3.63, 3.8) is 0 Å². The number of rotatable bonds is 1. The van der Waals surface area contributed by atoms with Crippen LogP contribution in [0, 0.1) is 17.3 Å². The Morgan fingerprint density at radius 2 is 2.00 bits per heavy atom. The topological polar surface area (TPSA) is 63.6 Å². The normalized spacial score (nSPS) is 43.9. The number of aliphatic hydroxyl groups is 1. The molecule has 0 radical (unpaired) electrons. The monoisotopic (exact) mass is 274 g/mol. The number of aliphatic hydroxyl groups excluding tert-OH is 1. The van der Waals surface area contributed by atoms with Crippen LogP contribution in [0.4, 0.5) is 0 Å². The van der Waals surface area contributed by atoms with Crippen LogP contribution in [0.1, 0.15) is 19.3 Å². The van der Waals surface area contributed by atoms with Crippen LogP contribution in [-0.4, -0.2) is 29.1 Å². The Bertz CT molecular complexity index is 545. The Labute approximate surface area is 117 Å². The highest BCUT2D eigenvalue weighted by molar-refractivity contribution is 5.97. The fourth-order valence-corrected chi connectivity index (χ4v) is 4.10. The molecule has 3 fully saturated rings. The molecule has 1 heterocycles. The zero-order chi connectivity index (χ0) is 14.7. The van der Waals surface area contributed by atoms with Gasteiger partial charge in [-0.1, -0.05) is 19.2 Å². The molecule has 1 aliphatic heterocycles. The molecule has 3 aliphatic rings. The lowest BCUT2D eigenvalue weighted by molar-refractivity contribution is -0.149. The first-order chi connectivity index (χ1) is 9.41. The van der Waals surface area contributed by atoms with Crippen LogP contribution in [0.5, 0.6) is 0 Å². The van der Waals surface area contributed by atoms with Gasteiger partial charge in [-0.3, -0.25) is 4.79 Å². The third kappa shape index (κ3) is 1.51. The summed E-state index contributed by atoms with van der Waals surface area (Å²) in [5.41, 5.74) is 0.364. The van der Waals surface area contributed by atoms with E-state index in [9.17, 15) is 14.7 Å². The van der Waals surface area contributed by atoms with Crippen LogP contribution in [0.25, 0.3) is 0 Å². The van der Waals surface area contributed by atoms with E-state index in [4.69, 9.17) is 4.74 Å². The molecule has 2 aliphatic carbocycles. The number of carbonyl (C=O) groups is 2. The maximum Gasteiger partial charge on any atom is 0.334 e. The van der Waals surface area contributed by atoms with E-state index in [-0.39, 0.29) is 11.7 Å². The van der Waals surface area contributed by atoms with Crippen LogP contribution in [-0.2, 0) is 14.3 Å². The van der Waals surface area contributed by atoms with E-state index >= 15 is 0 Å². The average molecular weight is 274 g/mol. The van der Waals surface area contributed by atoms with Gasteiger partial charge in [0.05, 0.1) is 12.0 Å². The van der Waals surface area contributed by atoms with Gasteiger partial charge in [-0.25, -0.2) is 4.79 Å². The van der Waals surface area contributed by atoms with Crippen LogP contribution in [0.2, 0.25) is 0 Å². The fourth-order valence-electron chi connectivity index (χ4n) is 4.10. The largest absolute Gasteiger partial charge is 0.458 e. The first-order valence-electron chi connectivity index (χ1n) is 6.85. The van der Waals surface area contributed by atoms with E-state index in [0.717, 1.165) is 0 Å². The summed E-state index contributed by atoms with van der Waals surface area (Å²) in [6, 6.07) is 0. The fraction of sp³-hybridized carbons (Fsp3) is 0.500. The number of carbonyl (C=O) groups excluding carboxylic acids is 2. The van der Waals surface area contributed by atoms with Gasteiger partial charge in [-0.2, -0.15) is 0 Å². The van der Waals surface area contributed by atoms with Crippen LogP contribution >= 0.6 is 0 Å². The van der Waals surface area contributed by atoms with E-state index in [1.807, 2.05) is 0 Å². The maximum atomic E-state index is 12.0. The van der Waals surface area contributed by atoms with Gasteiger partial charge in [0.25, 0.3) is 0 Å². The number of ether oxygens (including phenoxy) is 1. The van der Waals surface area contributed by atoms with Gasteiger partial charge >= 0.3 is 5.97 Å². The van der Waals surface area contributed by atoms with E-state index < -0.39 is 29.5 Å². The highest BCUT2D eigenvalue weighted by Gasteiger charge is 2.60. The molecule has 4 heteroatoms. The Kier molecular flexibility index (Phi) is 2.77. The summed E-state index contributed by atoms with van der Waals surface area (Å²) in [7, 11) is 0. The Hall–Kier alpha value is -1.68. The number of hydrogen-bond acceptors (Lipinski definition) is 4. The molecule has 0 amide bonds. The molecule has 0 aromatic carbocycles. The second-order valence-electron chi connectivity index (χ2n) is 6.06. The van der Waals surface area contributed by atoms with Crippen molar-refractivity contribution < 1.29 is 19.4 Å². The first kappa shape index (κ1) is 13.3. The van der Waals surface area contributed by atoms with Crippen molar-refractivity contribution in [1.29, 1.82) is 0 Å². The van der Waals surface area contributed by atoms with Gasteiger partial charge < -0.3 is 9.84 Å². The van der Waals surface area contributed by atoms with Gasteiger partial charge in [0.1, 0.15) is 6.10 Å². The number of fused-ring (bicyclic) bond motifs is 3. The maximum absolute atomic E-state index is 12.0. The van der Waals surface area contributed by atoms with Gasteiger partial charge in [0, 0.05) is 23.3 Å².